The maximum absolute atomic E-state index is 13.7. The van der Waals surface area contributed by atoms with Crippen LogP contribution in [0, 0.1) is 5.82 Å². The van der Waals surface area contributed by atoms with Crippen LogP contribution in [0.3, 0.4) is 0 Å². The molecule has 0 saturated carbocycles. The van der Waals surface area contributed by atoms with E-state index in [1.807, 2.05) is 0 Å². The average Bonchev–Trinajstić information content (AvgIpc) is 2.68. The molecular formula is C20H17BrF7NO2. The smallest absolute Gasteiger partial charge is 0.349 e. The highest BCUT2D eigenvalue weighted by molar-refractivity contribution is 9.10. The number of morpholine rings is 1. The third-order valence-electron chi connectivity index (χ3n) is 4.73. The van der Waals surface area contributed by atoms with Gasteiger partial charge in [-0.3, -0.25) is 0 Å². The fourth-order valence-electron chi connectivity index (χ4n) is 3.20. The summed E-state index contributed by atoms with van der Waals surface area (Å²) in [6.45, 7) is 1.91. The number of ether oxygens (including phenoxy) is 2. The van der Waals surface area contributed by atoms with Crippen LogP contribution < -0.4 is 5.32 Å². The van der Waals surface area contributed by atoms with E-state index in [9.17, 15) is 30.7 Å². The third-order valence-corrected chi connectivity index (χ3v) is 5.45. The molecule has 2 aromatic rings. The second-order valence-corrected chi connectivity index (χ2v) is 7.81. The van der Waals surface area contributed by atoms with Gasteiger partial charge in [0.1, 0.15) is 5.82 Å². The maximum atomic E-state index is 13.7. The lowest BCUT2D eigenvalue weighted by atomic mass is 10.0. The fourth-order valence-corrected chi connectivity index (χ4v) is 3.70. The van der Waals surface area contributed by atoms with Crippen LogP contribution in [0.15, 0.2) is 40.9 Å². The van der Waals surface area contributed by atoms with Crippen molar-refractivity contribution in [2.45, 2.75) is 37.7 Å². The van der Waals surface area contributed by atoms with E-state index in [4.69, 9.17) is 9.47 Å². The van der Waals surface area contributed by atoms with Gasteiger partial charge in [0.05, 0.1) is 29.9 Å². The molecule has 1 heterocycles. The second-order valence-electron chi connectivity index (χ2n) is 6.95. The lowest BCUT2D eigenvalue weighted by molar-refractivity contribution is -0.200. The predicted molar refractivity (Wildman–Crippen MR) is 101 cm³/mol. The average molecular weight is 516 g/mol. The van der Waals surface area contributed by atoms with Crippen LogP contribution in [0.5, 0.6) is 0 Å². The Balaban J connectivity index is 1.92. The van der Waals surface area contributed by atoms with Gasteiger partial charge in [0.25, 0.3) is 0 Å². The molecule has 3 nitrogen and oxygen atoms in total. The van der Waals surface area contributed by atoms with Gasteiger partial charge >= 0.3 is 12.4 Å². The number of hydrogen-bond acceptors (Lipinski definition) is 3. The van der Waals surface area contributed by atoms with E-state index in [1.165, 1.54) is 25.1 Å². The first-order valence-corrected chi connectivity index (χ1v) is 9.90. The van der Waals surface area contributed by atoms with E-state index in [0.717, 1.165) is 0 Å². The van der Waals surface area contributed by atoms with Gasteiger partial charge in [0.2, 0.25) is 0 Å². The largest absolute Gasteiger partial charge is 0.416 e. The second kappa shape index (κ2) is 9.05. The van der Waals surface area contributed by atoms with E-state index < -0.39 is 47.7 Å². The lowest BCUT2D eigenvalue weighted by Gasteiger charge is -2.35. The Kier molecular flexibility index (Phi) is 6.99. The molecule has 0 unspecified atom stereocenters. The summed E-state index contributed by atoms with van der Waals surface area (Å²) in [7, 11) is 0. The summed E-state index contributed by atoms with van der Waals surface area (Å²) in [5.41, 5.74) is -2.73. The van der Waals surface area contributed by atoms with Crippen molar-refractivity contribution >= 4 is 15.9 Å². The molecule has 2 aromatic carbocycles. The van der Waals surface area contributed by atoms with Crippen molar-refractivity contribution in [1.29, 1.82) is 0 Å². The monoisotopic (exact) mass is 515 g/mol. The third kappa shape index (κ3) is 5.76. The number of rotatable bonds is 4. The zero-order valence-electron chi connectivity index (χ0n) is 16.0. The molecule has 170 valence electrons. The van der Waals surface area contributed by atoms with Crippen molar-refractivity contribution in [1.82, 2.24) is 5.32 Å². The Bertz CT molecular complexity index is 900. The van der Waals surface area contributed by atoms with Crippen LogP contribution in [-0.4, -0.2) is 19.4 Å². The molecule has 31 heavy (non-hydrogen) atoms. The molecule has 11 heteroatoms. The van der Waals surface area contributed by atoms with Gasteiger partial charge in [-0.15, -0.1) is 0 Å². The molecule has 0 amide bonds. The topological polar surface area (TPSA) is 30.5 Å². The van der Waals surface area contributed by atoms with E-state index in [0.29, 0.717) is 28.7 Å². The molecule has 0 bridgehead atoms. The number of nitrogens with one attached hydrogen (secondary N) is 1. The zero-order chi connectivity index (χ0) is 23.0. The van der Waals surface area contributed by atoms with Gasteiger partial charge in [-0.25, -0.2) is 4.39 Å². The summed E-state index contributed by atoms with van der Waals surface area (Å²) < 4.78 is 104. The van der Waals surface area contributed by atoms with Crippen LogP contribution in [-0.2, 0) is 21.8 Å². The summed E-state index contributed by atoms with van der Waals surface area (Å²) in [4.78, 5) is 0. The number of hydrogen-bond donors (Lipinski definition) is 1. The first-order valence-electron chi connectivity index (χ1n) is 9.11. The molecule has 0 aliphatic carbocycles. The molecule has 1 saturated heterocycles. The van der Waals surface area contributed by atoms with Gasteiger partial charge in [-0.05, 0) is 54.4 Å². The van der Waals surface area contributed by atoms with Crippen molar-refractivity contribution in [3.8, 4) is 0 Å². The highest BCUT2D eigenvalue weighted by Gasteiger charge is 2.38. The quantitative estimate of drug-likeness (QED) is 0.478. The molecule has 1 aliphatic rings. The first-order chi connectivity index (χ1) is 14.4. The van der Waals surface area contributed by atoms with Crippen molar-refractivity contribution in [2.24, 2.45) is 0 Å². The minimum Gasteiger partial charge on any atom is -0.349 e. The van der Waals surface area contributed by atoms with Gasteiger partial charge < -0.3 is 14.8 Å². The Morgan fingerprint density at radius 1 is 1.03 bits per heavy atom. The Hall–Kier alpha value is -1.69. The predicted octanol–water partition coefficient (Wildman–Crippen LogP) is 6.39. The highest BCUT2D eigenvalue weighted by Crippen LogP contribution is 2.39. The van der Waals surface area contributed by atoms with Gasteiger partial charge in [-0.2, -0.15) is 26.3 Å². The molecule has 1 N–H and O–H groups in total. The van der Waals surface area contributed by atoms with Crippen molar-refractivity contribution in [3.63, 3.8) is 0 Å². The molecular weight excluding hydrogens is 499 g/mol. The molecule has 1 aliphatic heterocycles. The van der Waals surface area contributed by atoms with E-state index in [1.54, 1.807) is 0 Å². The lowest BCUT2D eigenvalue weighted by Crippen LogP contribution is -2.43. The van der Waals surface area contributed by atoms with Crippen LogP contribution in [0.2, 0.25) is 0 Å². The minimum absolute atomic E-state index is 0.0571. The van der Waals surface area contributed by atoms with Crippen molar-refractivity contribution < 1.29 is 40.2 Å². The summed E-state index contributed by atoms with van der Waals surface area (Å²) in [6.07, 6.45) is -12.2. The SMILES string of the molecule is C[C@@H](O[C@H]1OCCN[C@H]1c1cc(F)ccc1Br)c1cc(C(F)(F)F)cc(C(F)(F)F)c1. The molecule has 0 radical (unpaired) electrons. The minimum atomic E-state index is -4.96. The van der Waals surface area contributed by atoms with E-state index in [2.05, 4.69) is 21.2 Å². The highest BCUT2D eigenvalue weighted by atomic mass is 79.9. The maximum Gasteiger partial charge on any atom is 0.416 e. The van der Waals surface area contributed by atoms with Crippen LogP contribution in [0.4, 0.5) is 30.7 Å². The Morgan fingerprint density at radius 2 is 1.65 bits per heavy atom. The van der Waals surface area contributed by atoms with Crippen LogP contribution in [0.25, 0.3) is 0 Å². The molecule has 3 rings (SSSR count). The first kappa shape index (κ1) is 24.0. The van der Waals surface area contributed by atoms with Gasteiger partial charge in [0, 0.05) is 11.0 Å². The summed E-state index contributed by atoms with van der Waals surface area (Å²) in [6, 6.07) is 4.53. The summed E-state index contributed by atoms with van der Waals surface area (Å²) >= 11 is 3.30. The van der Waals surface area contributed by atoms with Crippen LogP contribution >= 0.6 is 15.9 Å². The molecule has 1 fully saturated rings. The molecule has 0 aromatic heterocycles. The number of halogens is 8. The summed E-state index contributed by atoms with van der Waals surface area (Å²) in [5.74, 6) is -0.523. The number of alkyl halides is 6. The standard InChI is InChI=1S/C20H17BrF7NO2/c1-10(11-6-12(19(23,24)25)8-13(7-11)20(26,27)28)31-18-17(29-4-5-30-18)15-9-14(22)2-3-16(15)21/h2-3,6-10,17-18,29H,4-5H2,1H3/t10-,17+,18-/m1/s1. The fraction of sp³-hybridized carbons (Fsp3) is 0.400. The van der Waals surface area contributed by atoms with E-state index in [-0.39, 0.29) is 18.2 Å². The zero-order valence-corrected chi connectivity index (χ0v) is 17.5. The van der Waals surface area contributed by atoms with Gasteiger partial charge in [-0.1, -0.05) is 15.9 Å². The number of benzene rings is 2. The van der Waals surface area contributed by atoms with Gasteiger partial charge in [0.15, 0.2) is 6.29 Å². The molecule has 3 atom stereocenters. The van der Waals surface area contributed by atoms with Crippen LogP contribution in [0.1, 0.15) is 41.3 Å². The Morgan fingerprint density at radius 3 is 2.23 bits per heavy atom. The summed E-state index contributed by atoms with van der Waals surface area (Å²) in [5, 5.41) is 3.07. The van der Waals surface area contributed by atoms with E-state index >= 15 is 0 Å². The van der Waals surface area contributed by atoms with Crippen molar-refractivity contribution in [2.75, 3.05) is 13.2 Å². The Labute approximate surface area is 181 Å². The normalized spacial score (nSPS) is 21.2. The van der Waals surface area contributed by atoms with Crippen molar-refractivity contribution in [3.05, 3.63) is 68.9 Å². The molecule has 0 spiro atoms.